The van der Waals surface area contributed by atoms with Gasteiger partial charge in [-0.15, -0.1) is 0 Å². The third-order valence-corrected chi connectivity index (χ3v) is 6.98. The largest absolute Gasteiger partial charge is 0.487 e. The number of nitrogens with zero attached hydrogens (tertiary/aromatic N) is 1. The highest BCUT2D eigenvalue weighted by molar-refractivity contribution is 7.90. The van der Waals surface area contributed by atoms with Crippen molar-refractivity contribution in [2.45, 2.75) is 6.61 Å². The van der Waals surface area contributed by atoms with E-state index in [2.05, 4.69) is 15.6 Å². The van der Waals surface area contributed by atoms with Crippen LogP contribution in [0.5, 0.6) is 5.75 Å². The maximum absolute atomic E-state index is 13.4. The first-order chi connectivity index (χ1) is 19.1. The van der Waals surface area contributed by atoms with Crippen molar-refractivity contribution < 1.29 is 22.0 Å². The van der Waals surface area contributed by atoms with E-state index in [1.807, 2.05) is 18.2 Å². The Kier molecular flexibility index (Phi) is 9.23. The number of hydrogen-bond acceptors (Lipinski definition) is 7. The van der Waals surface area contributed by atoms with Gasteiger partial charge in [-0.25, -0.2) is 12.8 Å². The molecule has 0 unspecified atom stereocenters. The van der Waals surface area contributed by atoms with E-state index in [1.54, 1.807) is 49.5 Å². The molecule has 0 atom stereocenters. The number of amidine groups is 1. The van der Waals surface area contributed by atoms with Gasteiger partial charge in [-0.1, -0.05) is 23.7 Å². The molecule has 0 saturated carbocycles. The molecule has 0 amide bonds. The highest BCUT2D eigenvalue weighted by Gasteiger charge is 2.13. The normalized spacial score (nSPS) is 11.5. The molecule has 208 valence electrons. The predicted molar refractivity (Wildman–Crippen MR) is 158 cm³/mol. The zero-order chi connectivity index (χ0) is 28.7. The summed E-state index contributed by atoms with van der Waals surface area (Å²) in [5, 5.41) is 15.2. The van der Waals surface area contributed by atoms with Crippen LogP contribution in [0.4, 0.5) is 15.8 Å². The number of hydrogen-bond donors (Lipinski definition) is 3. The minimum Gasteiger partial charge on any atom is -0.487 e. The van der Waals surface area contributed by atoms with Crippen LogP contribution in [0.2, 0.25) is 5.02 Å². The highest BCUT2D eigenvalue weighted by atomic mass is 35.5. The van der Waals surface area contributed by atoms with Gasteiger partial charge < -0.3 is 19.8 Å². The molecule has 0 spiro atoms. The number of nitrogens with one attached hydrogen (secondary N) is 3. The topological polar surface area (TPSA) is 117 Å². The van der Waals surface area contributed by atoms with Gasteiger partial charge in [0.25, 0.3) is 0 Å². The maximum atomic E-state index is 13.4. The smallest absolute Gasteiger partial charge is 0.149 e. The summed E-state index contributed by atoms with van der Waals surface area (Å²) in [4.78, 5) is 4.11. The molecule has 0 aliphatic carbocycles. The Hall–Kier alpha value is -4.15. The van der Waals surface area contributed by atoms with Crippen LogP contribution in [0.15, 0.2) is 82.2 Å². The van der Waals surface area contributed by atoms with Crippen LogP contribution in [-0.2, 0) is 16.4 Å². The van der Waals surface area contributed by atoms with Crippen LogP contribution < -0.4 is 15.4 Å². The van der Waals surface area contributed by atoms with E-state index in [4.69, 9.17) is 26.2 Å². The van der Waals surface area contributed by atoms with Crippen molar-refractivity contribution in [2.24, 2.45) is 4.99 Å². The number of halogens is 2. The Morgan fingerprint density at radius 3 is 2.67 bits per heavy atom. The Morgan fingerprint density at radius 2 is 1.95 bits per heavy atom. The lowest BCUT2D eigenvalue weighted by molar-refractivity contribution is 0.306. The van der Waals surface area contributed by atoms with E-state index in [9.17, 15) is 12.8 Å². The van der Waals surface area contributed by atoms with E-state index >= 15 is 0 Å². The monoisotopic (exact) mass is 582 g/mol. The molecule has 4 aromatic rings. The van der Waals surface area contributed by atoms with E-state index in [0.717, 1.165) is 11.3 Å². The molecule has 4 rings (SSSR count). The summed E-state index contributed by atoms with van der Waals surface area (Å²) in [5.74, 6) is 1.27. The Balaban J connectivity index is 1.45. The number of aliphatic imine (C=N–C) groups is 1. The first-order valence-corrected chi connectivity index (χ1v) is 14.7. The molecule has 0 saturated heterocycles. The minimum atomic E-state index is -3.08. The van der Waals surface area contributed by atoms with Crippen LogP contribution in [0.3, 0.4) is 0 Å². The van der Waals surface area contributed by atoms with Gasteiger partial charge >= 0.3 is 0 Å². The van der Waals surface area contributed by atoms with Gasteiger partial charge in [0.1, 0.15) is 45.4 Å². The third-order valence-electron chi connectivity index (χ3n) is 5.76. The van der Waals surface area contributed by atoms with Crippen molar-refractivity contribution in [2.75, 3.05) is 36.2 Å². The summed E-state index contributed by atoms with van der Waals surface area (Å²) in [6.07, 6.45) is 2.66. The molecule has 0 aliphatic heterocycles. The Morgan fingerprint density at radius 1 is 1.12 bits per heavy atom. The molecule has 11 heteroatoms. The summed E-state index contributed by atoms with van der Waals surface area (Å²) in [6, 6.07) is 20.3. The Labute approximate surface area is 237 Å². The van der Waals surface area contributed by atoms with Crippen molar-refractivity contribution >= 4 is 44.9 Å². The third kappa shape index (κ3) is 7.93. The van der Waals surface area contributed by atoms with Crippen molar-refractivity contribution in [3.63, 3.8) is 0 Å². The quantitative estimate of drug-likeness (QED) is 0.142. The molecule has 3 N–H and O–H groups in total. The summed E-state index contributed by atoms with van der Waals surface area (Å²) >= 11 is 6.42. The average Bonchev–Trinajstić information content (AvgIpc) is 3.39. The van der Waals surface area contributed by atoms with E-state index in [0.29, 0.717) is 39.1 Å². The standard InChI is InChI=1S/C29H28ClFN4O4S/c1-33-26-9-6-20(27-11-8-23(39-27)17-34-12-13-40(2,36)37)15-24(26)29(32)35-22-7-10-28(25(30)16-22)38-18-19-4-3-5-21(31)14-19/h3-11,14-17,33H,12-13,18H2,1-2H3,(H2,32,35)/b34-17+. The Bertz CT molecular complexity index is 1650. The number of sulfone groups is 1. The fraction of sp³-hybridized carbons (Fsp3) is 0.172. The first kappa shape index (κ1) is 28.8. The second-order valence-corrected chi connectivity index (χ2v) is 11.6. The van der Waals surface area contributed by atoms with Gasteiger partial charge in [0.15, 0.2) is 0 Å². The van der Waals surface area contributed by atoms with Crippen LogP contribution in [-0.4, -0.2) is 46.1 Å². The van der Waals surface area contributed by atoms with Gasteiger partial charge in [-0.3, -0.25) is 10.4 Å². The minimum absolute atomic E-state index is 0.0309. The fourth-order valence-corrected chi connectivity index (χ4v) is 4.44. The summed E-state index contributed by atoms with van der Waals surface area (Å²) in [7, 11) is -1.31. The molecule has 8 nitrogen and oxygen atoms in total. The van der Waals surface area contributed by atoms with Crippen molar-refractivity contribution in [3.05, 3.63) is 101 Å². The lowest BCUT2D eigenvalue weighted by Gasteiger charge is -2.15. The molecule has 0 fully saturated rings. The van der Waals surface area contributed by atoms with Crippen LogP contribution in [0.25, 0.3) is 11.3 Å². The van der Waals surface area contributed by atoms with Gasteiger partial charge in [0.2, 0.25) is 0 Å². The molecule has 1 aromatic heterocycles. The molecule has 0 bridgehead atoms. The van der Waals surface area contributed by atoms with Crippen LogP contribution in [0.1, 0.15) is 16.9 Å². The van der Waals surface area contributed by atoms with E-state index < -0.39 is 9.84 Å². The summed E-state index contributed by atoms with van der Waals surface area (Å²) < 4.78 is 47.5. The molecule has 3 aromatic carbocycles. The zero-order valence-electron chi connectivity index (χ0n) is 21.9. The summed E-state index contributed by atoms with van der Waals surface area (Å²) in [6.45, 7) is 0.322. The van der Waals surface area contributed by atoms with Crippen molar-refractivity contribution in [1.82, 2.24) is 0 Å². The number of ether oxygens (including phenoxy) is 1. The van der Waals surface area contributed by atoms with E-state index in [-0.39, 0.29) is 30.6 Å². The van der Waals surface area contributed by atoms with Crippen molar-refractivity contribution in [1.29, 1.82) is 5.41 Å². The lowest BCUT2D eigenvalue weighted by atomic mass is 10.1. The van der Waals surface area contributed by atoms with Gasteiger partial charge in [-0.2, -0.15) is 0 Å². The van der Waals surface area contributed by atoms with Gasteiger partial charge in [0, 0.05) is 35.8 Å². The molecule has 1 heterocycles. The fourth-order valence-electron chi connectivity index (χ4n) is 3.77. The SMILES string of the molecule is CNc1ccc(-c2ccc(/C=N/CCS(C)(=O)=O)o2)cc1C(=N)Nc1ccc(OCc2cccc(F)c2)c(Cl)c1. The average molecular weight is 583 g/mol. The number of rotatable bonds is 11. The van der Waals surface area contributed by atoms with Crippen molar-refractivity contribution in [3.8, 4) is 17.1 Å². The second kappa shape index (κ2) is 12.8. The second-order valence-electron chi connectivity index (χ2n) is 8.94. The van der Waals surface area contributed by atoms with Crippen LogP contribution in [0, 0.1) is 11.2 Å². The lowest BCUT2D eigenvalue weighted by Crippen LogP contribution is -2.14. The van der Waals surface area contributed by atoms with E-state index in [1.165, 1.54) is 24.6 Å². The number of furan rings is 1. The number of anilines is 2. The van der Waals surface area contributed by atoms with Gasteiger partial charge in [-0.05, 0) is 66.2 Å². The predicted octanol–water partition coefficient (Wildman–Crippen LogP) is 6.26. The number of benzene rings is 3. The first-order valence-electron chi connectivity index (χ1n) is 12.2. The van der Waals surface area contributed by atoms with Crippen LogP contribution >= 0.6 is 11.6 Å². The molecule has 0 aliphatic rings. The molecule has 40 heavy (non-hydrogen) atoms. The molecular weight excluding hydrogens is 555 g/mol. The zero-order valence-corrected chi connectivity index (χ0v) is 23.4. The summed E-state index contributed by atoms with van der Waals surface area (Å²) in [5.41, 5.74) is 3.35. The maximum Gasteiger partial charge on any atom is 0.149 e. The highest BCUT2D eigenvalue weighted by Crippen LogP contribution is 2.30. The van der Waals surface area contributed by atoms with Gasteiger partial charge in [0.05, 0.1) is 23.5 Å². The molecule has 0 radical (unpaired) electrons. The molecular formula is C29H28ClFN4O4S.